The van der Waals surface area contributed by atoms with E-state index < -0.39 is 5.60 Å². The van der Waals surface area contributed by atoms with Crippen molar-refractivity contribution in [3.63, 3.8) is 0 Å². The fraction of sp³-hybridized carbons (Fsp3) is 0.524. The number of anilines is 1. The molecule has 0 aliphatic carbocycles. The van der Waals surface area contributed by atoms with Crippen LogP contribution in [0.3, 0.4) is 0 Å². The number of halogens is 1. The Balaban J connectivity index is 0.00000300. The van der Waals surface area contributed by atoms with Gasteiger partial charge in [-0.3, -0.25) is 0 Å². The molecule has 1 unspecified atom stereocenters. The zero-order chi connectivity index (χ0) is 20.0. The Bertz CT molecular complexity index is 771. The maximum absolute atomic E-state index is 10.6. The van der Waals surface area contributed by atoms with Crippen molar-refractivity contribution >= 4 is 35.8 Å². The highest BCUT2D eigenvalue weighted by Crippen LogP contribution is 2.21. The minimum absolute atomic E-state index is 0. The van der Waals surface area contributed by atoms with Gasteiger partial charge in [0.05, 0.1) is 12.8 Å². The molecule has 1 aliphatic rings. The molecule has 2 aromatic rings. The van der Waals surface area contributed by atoms with Crippen LogP contribution in [0, 0.1) is 6.92 Å². The third-order valence-electron chi connectivity index (χ3n) is 4.97. The van der Waals surface area contributed by atoms with Crippen LogP contribution in [0.25, 0.3) is 0 Å². The van der Waals surface area contributed by atoms with Gasteiger partial charge in [0.15, 0.2) is 5.96 Å². The molecule has 1 aliphatic heterocycles. The first kappa shape index (κ1) is 23.5. The van der Waals surface area contributed by atoms with Crippen LogP contribution in [-0.4, -0.2) is 48.3 Å². The summed E-state index contributed by atoms with van der Waals surface area (Å²) in [5.74, 6) is 2.29. The minimum Gasteiger partial charge on any atom is -0.466 e. The van der Waals surface area contributed by atoms with E-state index in [9.17, 15) is 5.11 Å². The molecule has 0 spiro atoms. The second-order valence-electron chi connectivity index (χ2n) is 7.49. The van der Waals surface area contributed by atoms with Gasteiger partial charge in [-0.15, -0.1) is 24.0 Å². The molecule has 0 aromatic carbocycles. The molecule has 0 saturated carbocycles. The summed E-state index contributed by atoms with van der Waals surface area (Å²) in [6, 6.07) is 10.0. The lowest BCUT2D eigenvalue weighted by Gasteiger charge is -2.34. The average molecular weight is 513 g/mol. The number of furan rings is 1. The first-order chi connectivity index (χ1) is 13.5. The lowest BCUT2D eigenvalue weighted by molar-refractivity contribution is 0.0436. The lowest BCUT2D eigenvalue weighted by Crippen LogP contribution is -2.49. The molecular weight excluding hydrogens is 481 g/mol. The molecule has 0 bridgehead atoms. The maximum atomic E-state index is 10.6. The summed E-state index contributed by atoms with van der Waals surface area (Å²) >= 11 is 0. The van der Waals surface area contributed by atoms with E-state index >= 15 is 0 Å². The van der Waals surface area contributed by atoms with Crippen LogP contribution in [-0.2, 0) is 5.60 Å². The average Bonchev–Trinajstić information content (AvgIpc) is 3.23. The fourth-order valence-corrected chi connectivity index (χ4v) is 3.37. The number of hydrogen-bond donors (Lipinski definition) is 3. The Morgan fingerprint density at radius 2 is 2.07 bits per heavy atom. The van der Waals surface area contributed by atoms with Gasteiger partial charge >= 0.3 is 0 Å². The number of aryl methyl sites for hydroxylation is 1. The number of aliphatic hydroxyl groups is 1. The van der Waals surface area contributed by atoms with Crippen molar-refractivity contribution in [2.75, 3.05) is 31.1 Å². The zero-order valence-electron chi connectivity index (χ0n) is 17.4. The van der Waals surface area contributed by atoms with Crippen LogP contribution in [0.15, 0.2) is 46.0 Å². The smallest absolute Gasteiger partial charge is 0.191 e. The van der Waals surface area contributed by atoms with Gasteiger partial charge in [-0.2, -0.15) is 0 Å². The minimum atomic E-state index is -1.13. The molecule has 0 amide bonds. The predicted molar refractivity (Wildman–Crippen MR) is 127 cm³/mol. The molecule has 160 valence electrons. The molecule has 0 radical (unpaired) electrons. The quantitative estimate of drug-likeness (QED) is 0.313. The van der Waals surface area contributed by atoms with Gasteiger partial charge in [-0.05, 0) is 57.9 Å². The molecule has 8 heteroatoms. The van der Waals surface area contributed by atoms with E-state index in [1.54, 1.807) is 25.3 Å². The molecule has 1 fully saturated rings. The number of aliphatic imine (C=N–C) groups is 1. The first-order valence-corrected chi connectivity index (χ1v) is 9.98. The summed E-state index contributed by atoms with van der Waals surface area (Å²) < 4.78 is 5.33. The van der Waals surface area contributed by atoms with Crippen LogP contribution in [0.2, 0.25) is 0 Å². The molecule has 1 atom stereocenters. The van der Waals surface area contributed by atoms with Crippen LogP contribution < -0.4 is 15.5 Å². The number of nitrogens with one attached hydrogen (secondary N) is 2. The third-order valence-corrected chi connectivity index (χ3v) is 4.97. The number of aromatic nitrogens is 1. The number of pyridine rings is 1. The van der Waals surface area contributed by atoms with Crippen molar-refractivity contribution in [2.45, 2.75) is 45.3 Å². The normalized spacial score (nSPS) is 17.4. The number of guanidine groups is 1. The fourth-order valence-electron chi connectivity index (χ4n) is 3.37. The first-order valence-electron chi connectivity index (χ1n) is 9.98. The van der Waals surface area contributed by atoms with E-state index in [1.807, 2.05) is 19.9 Å². The standard InChI is InChI=1S/C21H31N5O2.HI/c1-4-22-20(23-15-21(3,27)18-8-6-14-28-18)25-17-10-12-26(13-11-17)19-9-5-7-16(2)24-19;/h5-9,14,17,27H,4,10-13,15H2,1-3H3,(H2,22,23,25);1H. The number of rotatable bonds is 6. The van der Waals surface area contributed by atoms with Crippen LogP contribution >= 0.6 is 24.0 Å². The highest BCUT2D eigenvalue weighted by atomic mass is 127. The van der Waals surface area contributed by atoms with Gasteiger partial charge in [0.2, 0.25) is 0 Å². The molecular formula is C21H32IN5O2. The van der Waals surface area contributed by atoms with Crippen molar-refractivity contribution in [1.29, 1.82) is 0 Å². The summed E-state index contributed by atoms with van der Waals surface area (Å²) in [6.07, 6.45) is 3.58. The lowest BCUT2D eigenvalue weighted by atomic mass is 10.0. The molecule has 3 N–H and O–H groups in total. The van der Waals surface area contributed by atoms with Crippen molar-refractivity contribution in [3.8, 4) is 0 Å². The van der Waals surface area contributed by atoms with E-state index in [4.69, 9.17) is 4.42 Å². The Morgan fingerprint density at radius 3 is 2.69 bits per heavy atom. The number of nitrogens with zero attached hydrogens (tertiary/aromatic N) is 3. The van der Waals surface area contributed by atoms with Gasteiger partial charge in [0.25, 0.3) is 0 Å². The summed E-state index contributed by atoms with van der Waals surface area (Å²) in [5, 5.41) is 17.4. The van der Waals surface area contributed by atoms with Gasteiger partial charge in [0, 0.05) is 31.4 Å². The molecule has 3 heterocycles. The summed E-state index contributed by atoms with van der Waals surface area (Å²) in [4.78, 5) is 11.5. The van der Waals surface area contributed by atoms with E-state index in [2.05, 4.69) is 37.6 Å². The van der Waals surface area contributed by atoms with Crippen LogP contribution in [0.5, 0.6) is 0 Å². The summed E-state index contributed by atoms with van der Waals surface area (Å²) in [7, 11) is 0. The zero-order valence-corrected chi connectivity index (χ0v) is 19.7. The van der Waals surface area contributed by atoms with E-state index in [1.165, 1.54) is 0 Å². The Hall–Kier alpha value is -1.81. The number of piperidine rings is 1. The molecule has 7 nitrogen and oxygen atoms in total. The van der Waals surface area contributed by atoms with Crippen molar-refractivity contribution < 1.29 is 9.52 Å². The van der Waals surface area contributed by atoms with Crippen molar-refractivity contribution in [2.24, 2.45) is 4.99 Å². The van der Waals surface area contributed by atoms with Crippen LogP contribution in [0.1, 0.15) is 38.1 Å². The predicted octanol–water partition coefficient (Wildman–Crippen LogP) is 3.03. The molecule has 2 aromatic heterocycles. The van der Waals surface area contributed by atoms with Crippen molar-refractivity contribution in [3.05, 3.63) is 48.0 Å². The topological polar surface area (TPSA) is 85.9 Å². The van der Waals surface area contributed by atoms with E-state index in [0.717, 1.165) is 49.9 Å². The SMILES string of the molecule is CCNC(=NCC(C)(O)c1ccco1)NC1CCN(c2cccc(C)n2)CC1.I. The van der Waals surface area contributed by atoms with Gasteiger partial charge in [-0.25, -0.2) is 9.98 Å². The monoisotopic (exact) mass is 513 g/mol. The van der Waals surface area contributed by atoms with E-state index in [-0.39, 0.29) is 30.5 Å². The third kappa shape index (κ3) is 6.60. The largest absolute Gasteiger partial charge is 0.466 e. The molecule has 3 rings (SSSR count). The van der Waals surface area contributed by atoms with Crippen molar-refractivity contribution in [1.82, 2.24) is 15.6 Å². The van der Waals surface area contributed by atoms with E-state index in [0.29, 0.717) is 11.8 Å². The highest BCUT2D eigenvalue weighted by molar-refractivity contribution is 14.0. The van der Waals surface area contributed by atoms with Gasteiger partial charge in [0.1, 0.15) is 17.2 Å². The van der Waals surface area contributed by atoms with Gasteiger partial charge < -0.3 is 25.1 Å². The second-order valence-corrected chi connectivity index (χ2v) is 7.49. The highest BCUT2D eigenvalue weighted by Gasteiger charge is 2.26. The van der Waals surface area contributed by atoms with Gasteiger partial charge in [-0.1, -0.05) is 6.07 Å². The summed E-state index contributed by atoms with van der Waals surface area (Å²) in [5.41, 5.74) is -0.0885. The van der Waals surface area contributed by atoms with Crippen LogP contribution in [0.4, 0.5) is 5.82 Å². The Kier molecular flexibility index (Phi) is 8.76. The Morgan fingerprint density at radius 1 is 1.31 bits per heavy atom. The second kappa shape index (κ2) is 10.8. The summed E-state index contributed by atoms with van der Waals surface area (Å²) in [6.45, 7) is 8.67. The number of hydrogen-bond acceptors (Lipinski definition) is 5. The Labute approximate surface area is 190 Å². The molecule has 29 heavy (non-hydrogen) atoms. The molecule has 1 saturated heterocycles. The maximum Gasteiger partial charge on any atom is 0.191 e.